The normalized spacial score (nSPS) is 10.1. The van der Waals surface area contributed by atoms with E-state index in [1.165, 1.54) is 12.1 Å². The molecular weight excluding hydrogens is 372 g/mol. The van der Waals surface area contributed by atoms with Crippen LogP contribution in [0.5, 0.6) is 0 Å². The van der Waals surface area contributed by atoms with Gasteiger partial charge in [-0.2, -0.15) is 0 Å². The minimum absolute atomic E-state index is 0.263. The highest BCUT2D eigenvalue weighted by molar-refractivity contribution is 6.01. The molecule has 29 heavy (non-hydrogen) atoms. The van der Waals surface area contributed by atoms with Crippen molar-refractivity contribution in [1.82, 2.24) is 15.4 Å². The molecule has 8 nitrogen and oxygen atoms in total. The zero-order chi connectivity index (χ0) is 20.6. The number of amides is 3. The Hall–Kier alpha value is -4.07. The molecule has 1 heterocycles. The van der Waals surface area contributed by atoms with Gasteiger partial charge < -0.3 is 9.30 Å². The van der Waals surface area contributed by atoms with E-state index < -0.39 is 17.9 Å². The Kier molecular flexibility index (Phi) is 6.26. The van der Waals surface area contributed by atoms with Gasteiger partial charge in [0.1, 0.15) is 0 Å². The lowest BCUT2D eigenvalue weighted by Crippen LogP contribution is -2.41. The largest absolute Gasteiger partial charge is 0.450 e. The van der Waals surface area contributed by atoms with Crippen LogP contribution in [0.2, 0.25) is 0 Å². The molecule has 148 valence electrons. The standard InChI is InChI=1S/C21H20N4O4/c1-2-29-21(28)22-16-11-9-15(10-12-16)19(26)23-24-20(27)17-7-3-4-8-18(17)25-13-5-6-14-25/h3-14H,2H2,1H3,(H,22,28)(H,23,26)(H,24,27). The molecule has 3 amide bonds. The minimum atomic E-state index is -0.571. The van der Waals surface area contributed by atoms with Crippen LogP contribution in [0.15, 0.2) is 73.1 Å². The number of nitrogens with zero attached hydrogens (tertiary/aromatic N) is 1. The molecule has 3 rings (SSSR count). The molecule has 1 aromatic heterocycles. The number of nitrogens with one attached hydrogen (secondary N) is 3. The molecule has 8 heteroatoms. The molecule has 0 aliphatic rings. The smallest absolute Gasteiger partial charge is 0.411 e. The molecular formula is C21H20N4O4. The molecule has 0 saturated heterocycles. The summed E-state index contributed by atoms with van der Waals surface area (Å²) in [5.74, 6) is -0.928. The third kappa shape index (κ3) is 5.01. The Morgan fingerprint density at radius 1 is 0.862 bits per heavy atom. The van der Waals surface area contributed by atoms with Crippen LogP contribution >= 0.6 is 0 Å². The summed E-state index contributed by atoms with van der Waals surface area (Å²) in [7, 11) is 0. The third-order valence-electron chi connectivity index (χ3n) is 3.99. The molecule has 0 radical (unpaired) electrons. The van der Waals surface area contributed by atoms with E-state index in [4.69, 9.17) is 4.74 Å². The molecule has 0 spiro atoms. The van der Waals surface area contributed by atoms with Crippen LogP contribution in [-0.2, 0) is 4.74 Å². The van der Waals surface area contributed by atoms with Crippen LogP contribution in [0, 0.1) is 0 Å². The predicted octanol–water partition coefficient (Wildman–Crippen LogP) is 3.12. The zero-order valence-corrected chi connectivity index (χ0v) is 15.7. The van der Waals surface area contributed by atoms with E-state index in [0.29, 0.717) is 22.5 Å². The van der Waals surface area contributed by atoms with Crippen molar-refractivity contribution in [2.75, 3.05) is 11.9 Å². The number of para-hydroxylation sites is 1. The molecule has 0 bridgehead atoms. The Morgan fingerprint density at radius 3 is 2.21 bits per heavy atom. The van der Waals surface area contributed by atoms with Gasteiger partial charge in [-0.05, 0) is 55.5 Å². The number of carbonyl (C=O) groups excluding carboxylic acids is 3. The maximum atomic E-state index is 12.5. The average molecular weight is 392 g/mol. The van der Waals surface area contributed by atoms with Gasteiger partial charge in [0.25, 0.3) is 11.8 Å². The number of hydrogen-bond donors (Lipinski definition) is 3. The summed E-state index contributed by atoms with van der Waals surface area (Å²) in [5, 5.41) is 2.54. The van der Waals surface area contributed by atoms with Crippen molar-refractivity contribution < 1.29 is 19.1 Å². The van der Waals surface area contributed by atoms with Crippen molar-refractivity contribution in [3.8, 4) is 5.69 Å². The lowest BCUT2D eigenvalue weighted by Gasteiger charge is -2.12. The zero-order valence-electron chi connectivity index (χ0n) is 15.7. The topological polar surface area (TPSA) is 101 Å². The van der Waals surface area contributed by atoms with Crippen molar-refractivity contribution in [2.45, 2.75) is 6.92 Å². The highest BCUT2D eigenvalue weighted by Crippen LogP contribution is 2.14. The van der Waals surface area contributed by atoms with E-state index in [-0.39, 0.29) is 6.61 Å². The van der Waals surface area contributed by atoms with E-state index >= 15 is 0 Å². The van der Waals surface area contributed by atoms with Crippen molar-refractivity contribution >= 4 is 23.6 Å². The van der Waals surface area contributed by atoms with Crippen molar-refractivity contribution in [2.24, 2.45) is 0 Å². The van der Waals surface area contributed by atoms with Crippen molar-refractivity contribution in [3.63, 3.8) is 0 Å². The van der Waals surface area contributed by atoms with Crippen LogP contribution in [0.4, 0.5) is 10.5 Å². The van der Waals surface area contributed by atoms with Gasteiger partial charge in [-0.15, -0.1) is 0 Å². The van der Waals surface area contributed by atoms with Gasteiger partial charge in [0.15, 0.2) is 0 Å². The summed E-state index contributed by atoms with van der Waals surface area (Å²) in [6.07, 6.45) is 3.09. The van der Waals surface area contributed by atoms with Crippen molar-refractivity contribution in [1.29, 1.82) is 0 Å². The second-order valence-electron chi connectivity index (χ2n) is 5.94. The summed E-state index contributed by atoms with van der Waals surface area (Å²) < 4.78 is 6.60. The Morgan fingerprint density at radius 2 is 1.52 bits per heavy atom. The third-order valence-corrected chi connectivity index (χ3v) is 3.99. The fraction of sp³-hybridized carbons (Fsp3) is 0.0952. The number of rotatable bonds is 5. The second-order valence-corrected chi connectivity index (χ2v) is 5.94. The van der Waals surface area contributed by atoms with Gasteiger partial charge in [-0.25, -0.2) is 4.79 Å². The summed E-state index contributed by atoms with van der Waals surface area (Å²) in [6, 6.07) is 17.0. The highest BCUT2D eigenvalue weighted by Gasteiger charge is 2.13. The molecule has 2 aromatic carbocycles. The molecule has 0 atom stereocenters. The first-order valence-corrected chi connectivity index (χ1v) is 8.95. The maximum absolute atomic E-state index is 12.5. The van der Waals surface area contributed by atoms with E-state index in [0.717, 1.165) is 0 Å². The van der Waals surface area contributed by atoms with Gasteiger partial charge in [0.05, 0.1) is 17.9 Å². The molecule has 3 aromatic rings. The lowest BCUT2D eigenvalue weighted by molar-refractivity contribution is 0.0846. The van der Waals surface area contributed by atoms with Crippen LogP contribution < -0.4 is 16.2 Å². The number of carbonyl (C=O) groups is 3. The SMILES string of the molecule is CCOC(=O)Nc1ccc(C(=O)NNC(=O)c2ccccc2-n2cccc2)cc1. The molecule has 3 N–H and O–H groups in total. The molecule has 0 saturated carbocycles. The van der Waals surface area contributed by atoms with E-state index in [1.807, 2.05) is 41.2 Å². The second kappa shape index (κ2) is 9.23. The van der Waals surface area contributed by atoms with Gasteiger partial charge >= 0.3 is 6.09 Å². The predicted molar refractivity (Wildman–Crippen MR) is 108 cm³/mol. The number of hydrazine groups is 1. The summed E-state index contributed by atoms with van der Waals surface area (Å²) in [6.45, 7) is 1.97. The summed E-state index contributed by atoms with van der Waals surface area (Å²) in [5.41, 5.74) is 6.73. The van der Waals surface area contributed by atoms with Crippen LogP contribution in [-0.4, -0.2) is 29.1 Å². The Bertz CT molecular complexity index is 998. The molecule has 0 aliphatic heterocycles. The fourth-order valence-corrected chi connectivity index (χ4v) is 2.63. The summed E-state index contributed by atoms with van der Waals surface area (Å²) >= 11 is 0. The van der Waals surface area contributed by atoms with Gasteiger partial charge in [-0.1, -0.05) is 12.1 Å². The van der Waals surface area contributed by atoms with Gasteiger partial charge in [0, 0.05) is 23.6 Å². The quantitative estimate of drug-likeness (QED) is 0.581. The number of aromatic nitrogens is 1. The first-order chi connectivity index (χ1) is 14.1. The van der Waals surface area contributed by atoms with Crippen LogP contribution in [0.25, 0.3) is 5.69 Å². The fourth-order valence-electron chi connectivity index (χ4n) is 2.63. The van der Waals surface area contributed by atoms with E-state index in [2.05, 4.69) is 16.2 Å². The Balaban J connectivity index is 1.61. The number of anilines is 1. The Labute approximate surface area is 167 Å². The van der Waals surface area contributed by atoms with E-state index in [9.17, 15) is 14.4 Å². The number of benzene rings is 2. The molecule has 0 aliphatic carbocycles. The number of ether oxygens (including phenoxy) is 1. The number of hydrogen-bond acceptors (Lipinski definition) is 4. The van der Waals surface area contributed by atoms with E-state index in [1.54, 1.807) is 31.2 Å². The lowest BCUT2D eigenvalue weighted by atomic mass is 10.1. The van der Waals surface area contributed by atoms with Gasteiger partial charge in [-0.3, -0.25) is 25.8 Å². The molecule has 0 unspecified atom stereocenters. The average Bonchev–Trinajstić information content (AvgIpc) is 3.27. The first kappa shape index (κ1) is 19.7. The van der Waals surface area contributed by atoms with Gasteiger partial charge in [0.2, 0.25) is 0 Å². The molecule has 0 fully saturated rings. The van der Waals surface area contributed by atoms with Crippen LogP contribution in [0.3, 0.4) is 0 Å². The minimum Gasteiger partial charge on any atom is -0.450 e. The monoisotopic (exact) mass is 392 g/mol. The van der Waals surface area contributed by atoms with Crippen molar-refractivity contribution in [3.05, 3.63) is 84.2 Å². The summed E-state index contributed by atoms with van der Waals surface area (Å²) in [4.78, 5) is 36.2. The first-order valence-electron chi connectivity index (χ1n) is 8.95. The highest BCUT2D eigenvalue weighted by atomic mass is 16.5. The maximum Gasteiger partial charge on any atom is 0.411 e. The van der Waals surface area contributed by atoms with Crippen LogP contribution in [0.1, 0.15) is 27.6 Å².